The Morgan fingerprint density at radius 1 is 0.389 bits per heavy atom. The van der Waals surface area contributed by atoms with Gasteiger partial charge in [-0.2, -0.15) is 0 Å². The molecule has 5 aromatic heterocycles. The van der Waals surface area contributed by atoms with Gasteiger partial charge in [0.15, 0.2) is 0 Å². The molecule has 5 nitrogen and oxygen atoms in total. The first kappa shape index (κ1) is 28.2. The number of aromatic nitrogens is 2. The molecule has 0 bridgehead atoms. The lowest BCUT2D eigenvalue weighted by Crippen LogP contribution is -2.12. The van der Waals surface area contributed by atoms with Crippen molar-refractivity contribution in [3.63, 3.8) is 0 Å². The minimum absolute atomic E-state index is 0.0126. The van der Waals surface area contributed by atoms with E-state index in [1.165, 1.54) is 10.8 Å². The third-order valence-corrected chi connectivity index (χ3v) is 11.7. The number of nitrogens with zero attached hydrogens (tertiary/aromatic N) is 2. The van der Waals surface area contributed by atoms with Gasteiger partial charge in [0.2, 0.25) is 0 Å². The van der Waals surface area contributed by atoms with Crippen LogP contribution in [-0.2, 0) is 0 Å². The summed E-state index contributed by atoms with van der Waals surface area (Å²) < 4.78 is 17.2. The summed E-state index contributed by atoms with van der Waals surface area (Å²) in [7, 11) is 0. The molecule has 0 aliphatic rings. The second-order valence-electron chi connectivity index (χ2n) is 14.4. The van der Waals surface area contributed by atoms with Crippen LogP contribution in [0.2, 0.25) is 0 Å². The highest BCUT2D eigenvalue weighted by molar-refractivity contribution is 6.22. The predicted molar refractivity (Wildman–Crippen MR) is 222 cm³/mol. The summed E-state index contributed by atoms with van der Waals surface area (Å²) in [5, 5.41) is 11.7. The van der Waals surface area contributed by atoms with Gasteiger partial charge in [-0.25, -0.2) is 0 Å². The topological polar surface area (TPSA) is 52.7 Å². The average molecular weight is 691 g/mol. The van der Waals surface area contributed by atoms with Gasteiger partial charge in [0.25, 0.3) is 5.56 Å². The molecule has 13 aromatic rings. The molecule has 0 fully saturated rings. The fourth-order valence-electron chi connectivity index (χ4n) is 9.35. The average Bonchev–Trinajstić information content (AvgIpc) is 3.96. The van der Waals surface area contributed by atoms with Gasteiger partial charge in [0.1, 0.15) is 22.3 Å². The zero-order valence-electron chi connectivity index (χ0n) is 28.6. The first-order valence-electron chi connectivity index (χ1n) is 18.2. The van der Waals surface area contributed by atoms with Crippen molar-refractivity contribution in [2.45, 2.75) is 0 Å². The molecule has 250 valence electrons. The standard InChI is InChI=1S/C49H26N2O3/c52-49-35-12-2-1-9-30(35)33-14-7-15-34-36-23-27(19-21-41(36)51(49)48(33)34)29-13-8-18-45-47(29)39-24-28(20-22-44(39)53-45)50-40-16-5-3-10-31(40)37-25-38-32-11-4-6-17-43(32)54-46(38)26-42(37)50/h1-26H. The van der Waals surface area contributed by atoms with E-state index in [0.717, 1.165) is 110 Å². The molecule has 0 saturated heterocycles. The van der Waals surface area contributed by atoms with Gasteiger partial charge in [0.05, 0.1) is 22.1 Å². The number of rotatable bonds is 2. The number of benzene rings is 8. The second-order valence-corrected chi connectivity index (χ2v) is 14.4. The fourth-order valence-corrected chi connectivity index (χ4v) is 9.35. The lowest BCUT2D eigenvalue weighted by atomic mass is 9.97. The van der Waals surface area contributed by atoms with Gasteiger partial charge >= 0.3 is 0 Å². The minimum Gasteiger partial charge on any atom is -0.456 e. The number of pyridine rings is 1. The molecule has 8 aromatic carbocycles. The van der Waals surface area contributed by atoms with Crippen LogP contribution in [0.3, 0.4) is 0 Å². The Hall–Kier alpha value is -7.37. The predicted octanol–water partition coefficient (Wildman–Crippen LogP) is 12.8. The Kier molecular flexibility index (Phi) is 5.20. The Labute approximate surface area is 305 Å². The first-order chi connectivity index (χ1) is 26.7. The van der Waals surface area contributed by atoms with Crippen molar-refractivity contribution < 1.29 is 8.83 Å². The van der Waals surface area contributed by atoms with Gasteiger partial charge in [-0.15, -0.1) is 0 Å². The van der Waals surface area contributed by atoms with Crippen molar-refractivity contribution in [2.75, 3.05) is 0 Å². The summed E-state index contributed by atoms with van der Waals surface area (Å²) in [4.78, 5) is 14.0. The summed E-state index contributed by atoms with van der Waals surface area (Å²) in [6.07, 6.45) is 0. The highest BCUT2D eigenvalue weighted by Crippen LogP contribution is 2.43. The monoisotopic (exact) mass is 690 g/mol. The van der Waals surface area contributed by atoms with E-state index in [2.05, 4.69) is 120 Å². The second kappa shape index (κ2) is 9.94. The van der Waals surface area contributed by atoms with Crippen LogP contribution in [0.4, 0.5) is 0 Å². The Balaban J connectivity index is 1.06. The Bertz CT molecular complexity index is 3820. The molecule has 0 aliphatic heterocycles. The summed E-state index contributed by atoms with van der Waals surface area (Å²) in [6.45, 7) is 0. The molecule has 0 saturated carbocycles. The molecule has 54 heavy (non-hydrogen) atoms. The maximum Gasteiger partial charge on any atom is 0.263 e. The van der Waals surface area contributed by atoms with E-state index in [0.29, 0.717) is 0 Å². The molecule has 0 atom stereocenters. The smallest absolute Gasteiger partial charge is 0.263 e. The number of furan rings is 2. The van der Waals surface area contributed by atoms with Crippen LogP contribution in [0.15, 0.2) is 171 Å². The largest absolute Gasteiger partial charge is 0.456 e. The quantitative estimate of drug-likeness (QED) is 0.170. The fraction of sp³-hybridized carbons (Fsp3) is 0. The van der Waals surface area contributed by atoms with Gasteiger partial charge in [-0.3, -0.25) is 9.20 Å². The van der Waals surface area contributed by atoms with Crippen LogP contribution in [-0.4, -0.2) is 8.97 Å². The summed E-state index contributed by atoms with van der Waals surface area (Å²) in [6, 6.07) is 54.8. The molecule has 0 radical (unpaired) electrons. The Morgan fingerprint density at radius 3 is 1.98 bits per heavy atom. The van der Waals surface area contributed by atoms with Crippen LogP contribution in [0, 0.1) is 0 Å². The Morgan fingerprint density at radius 2 is 1.07 bits per heavy atom. The number of fused-ring (bicyclic) bond motifs is 14. The van der Waals surface area contributed by atoms with Crippen molar-refractivity contribution in [2.24, 2.45) is 0 Å². The first-order valence-corrected chi connectivity index (χ1v) is 18.2. The van der Waals surface area contributed by atoms with Gasteiger partial charge in [-0.1, -0.05) is 91.0 Å². The van der Waals surface area contributed by atoms with Gasteiger partial charge in [0, 0.05) is 65.6 Å². The number of hydrogen-bond donors (Lipinski definition) is 0. The molecule has 5 heterocycles. The van der Waals surface area contributed by atoms with Crippen LogP contribution in [0.5, 0.6) is 0 Å². The molecular weight excluding hydrogens is 665 g/mol. The summed E-state index contributed by atoms with van der Waals surface area (Å²) >= 11 is 0. The molecule has 0 amide bonds. The van der Waals surface area contributed by atoms with Crippen LogP contribution in [0.25, 0.3) is 120 Å². The molecule has 13 rings (SSSR count). The third-order valence-electron chi connectivity index (χ3n) is 11.7. The molecule has 5 heteroatoms. The third kappa shape index (κ3) is 3.51. The lowest BCUT2D eigenvalue weighted by molar-refractivity contribution is 0.668. The van der Waals surface area contributed by atoms with Crippen LogP contribution < -0.4 is 5.56 Å². The maximum absolute atomic E-state index is 14.0. The van der Waals surface area contributed by atoms with E-state index in [4.69, 9.17) is 8.83 Å². The van der Waals surface area contributed by atoms with Gasteiger partial charge < -0.3 is 13.4 Å². The van der Waals surface area contributed by atoms with Crippen molar-refractivity contribution in [3.8, 4) is 16.8 Å². The zero-order valence-corrected chi connectivity index (χ0v) is 28.6. The minimum atomic E-state index is 0.0126. The van der Waals surface area contributed by atoms with E-state index in [9.17, 15) is 4.79 Å². The number of para-hydroxylation sites is 3. The highest BCUT2D eigenvalue weighted by atomic mass is 16.3. The van der Waals surface area contributed by atoms with Crippen molar-refractivity contribution in [3.05, 3.63) is 168 Å². The van der Waals surface area contributed by atoms with Crippen LogP contribution in [0.1, 0.15) is 0 Å². The SMILES string of the molecule is O=c1c2ccccc2c2cccc3c4cc(-c5cccc6oc7ccc(-n8c9ccccc9c9cc%10c(cc98)oc8ccccc8%10)cc7c56)ccc4n1c23. The van der Waals surface area contributed by atoms with Crippen LogP contribution >= 0.6 is 0 Å². The molecule has 0 unspecified atom stereocenters. The maximum atomic E-state index is 14.0. The van der Waals surface area contributed by atoms with Crippen molar-refractivity contribution >= 4 is 104 Å². The van der Waals surface area contributed by atoms with E-state index in [1.807, 2.05) is 46.9 Å². The van der Waals surface area contributed by atoms with Crippen molar-refractivity contribution in [1.29, 1.82) is 0 Å². The lowest BCUT2D eigenvalue weighted by Gasteiger charge is -2.09. The van der Waals surface area contributed by atoms with E-state index in [-0.39, 0.29) is 5.56 Å². The van der Waals surface area contributed by atoms with E-state index in [1.54, 1.807) is 0 Å². The van der Waals surface area contributed by atoms with E-state index >= 15 is 0 Å². The summed E-state index contributed by atoms with van der Waals surface area (Å²) in [5.41, 5.74) is 10.7. The molecule has 0 aliphatic carbocycles. The molecular formula is C49H26N2O3. The normalized spacial score (nSPS) is 12.5. The summed E-state index contributed by atoms with van der Waals surface area (Å²) in [5.74, 6) is 0. The van der Waals surface area contributed by atoms with Gasteiger partial charge in [-0.05, 0) is 77.2 Å². The van der Waals surface area contributed by atoms with E-state index < -0.39 is 0 Å². The number of hydrogen-bond acceptors (Lipinski definition) is 3. The highest BCUT2D eigenvalue weighted by Gasteiger charge is 2.21. The zero-order chi connectivity index (χ0) is 35.2. The van der Waals surface area contributed by atoms with Crippen molar-refractivity contribution in [1.82, 2.24) is 8.97 Å². The molecule has 0 N–H and O–H groups in total. The molecule has 0 spiro atoms.